The molecule has 0 radical (unpaired) electrons. The van der Waals surface area contributed by atoms with Crippen molar-refractivity contribution in [2.75, 3.05) is 37.4 Å². The van der Waals surface area contributed by atoms with Crippen LogP contribution in [0, 0.1) is 17.5 Å². The fraction of sp³-hybridized carbons (Fsp3) is 0.320. The Balaban J connectivity index is 1.40. The van der Waals surface area contributed by atoms with Crippen LogP contribution in [0.2, 0.25) is 0 Å². The summed E-state index contributed by atoms with van der Waals surface area (Å²) >= 11 is 0. The van der Waals surface area contributed by atoms with Gasteiger partial charge in [-0.05, 0) is 60.7 Å². The Bertz CT molecular complexity index is 1290. The monoisotopic (exact) mass is 504 g/mol. The van der Waals surface area contributed by atoms with Gasteiger partial charge in [0.15, 0.2) is 11.6 Å². The third kappa shape index (κ3) is 5.43. The van der Waals surface area contributed by atoms with Gasteiger partial charge in [0, 0.05) is 27.2 Å². The maximum absolute atomic E-state index is 14.7. The highest BCUT2D eigenvalue weighted by molar-refractivity contribution is 7.89. The SMILES string of the molecule is CN(C)c1ccc(CNc2ccc(S(=O)(=O)N3CCC(c4cccc(F)c4F)CC3)cc2F)nc1. The van der Waals surface area contributed by atoms with Crippen molar-refractivity contribution >= 4 is 21.4 Å². The molecule has 2 heterocycles. The Morgan fingerprint density at radius 3 is 2.40 bits per heavy atom. The Labute approximate surface area is 203 Å². The molecule has 1 fully saturated rings. The van der Waals surface area contributed by atoms with Crippen molar-refractivity contribution in [2.45, 2.75) is 30.2 Å². The first-order valence-corrected chi connectivity index (χ1v) is 12.7. The van der Waals surface area contributed by atoms with E-state index in [1.807, 2.05) is 31.1 Å². The molecule has 1 aliphatic heterocycles. The van der Waals surface area contributed by atoms with Crippen LogP contribution in [0.1, 0.15) is 30.0 Å². The van der Waals surface area contributed by atoms with Gasteiger partial charge in [-0.25, -0.2) is 21.6 Å². The molecule has 10 heteroatoms. The molecule has 35 heavy (non-hydrogen) atoms. The third-order valence-corrected chi connectivity index (χ3v) is 8.13. The van der Waals surface area contributed by atoms with Crippen molar-refractivity contribution in [3.05, 3.63) is 83.4 Å². The number of piperidine rings is 1. The fourth-order valence-corrected chi connectivity index (χ4v) is 5.65. The quantitative estimate of drug-likeness (QED) is 0.503. The third-order valence-electron chi connectivity index (χ3n) is 6.24. The van der Waals surface area contributed by atoms with E-state index in [1.165, 1.54) is 28.6 Å². The summed E-state index contributed by atoms with van der Waals surface area (Å²) in [6.07, 6.45) is 2.41. The largest absolute Gasteiger partial charge is 0.377 e. The summed E-state index contributed by atoms with van der Waals surface area (Å²) in [4.78, 5) is 6.10. The summed E-state index contributed by atoms with van der Waals surface area (Å²) < 4.78 is 69.8. The van der Waals surface area contributed by atoms with Crippen molar-refractivity contribution in [2.24, 2.45) is 0 Å². The molecule has 1 saturated heterocycles. The van der Waals surface area contributed by atoms with E-state index < -0.39 is 27.5 Å². The van der Waals surface area contributed by atoms with Crippen LogP contribution in [0.25, 0.3) is 0 Å². The molecule has 0 aliphatic carbocycles. The van der Waals surface area contributed by atoms with E-state index in [9.17, 15) is 21.6 Å². The molecule has 0 bridgehead atoms. The number of aromatic nitrogens is 1. The van der Waals surface area contributed by atoms with Gasteiger partial charge >= 0.3 is 0 Å². The molecule has 3 aromatic rings. The lowest BCUT2D eigenvalue weighted by Gasteiger charge is -2.31. The molecular weight excluding hydrogens is 477 g/mol. The van der Waals surface area contributed by atoms with E-state index in [0.29, 0.717) is 18.5 Å². The molecule has 0 unspecified atom stereocenters. The zero-order valence-corrected chi connectivity index (χ0v) is 20.3. The Hall–Kier alpha value is -3.11. The molecular formula is C25H27F3N4O2S. The van der Waals surface area contributed by atoms with Crippen molar-refractivity contribution in [3.8, 4) is 0 Å². The standard InChI is InChI=1S/C25H27F3N4O2S/c1-31(2)19-7-6-18(29-16-19)15-30-24-9-8-20(14-23(24)27)35(33,34)32-12-10-17(11-13-32)21-4-3-5-22(26)25(21)28/h3-9,14,16-17,30H,10-13,15H2,1-2H3. The van der Waals surface area contributed by atoms with Gasteiger partial charge in [0.2, 0.25) is 10.0 Å². The maximum atomic E-state index is 14.7. The van der Waals surface area contributed by atoms with Gasteiger partial charge in [-0.3, -0.25) is 4.98 Å². The number of nitrogens with one attached hydrogen (secondary N) is 1. The van der Waals surface area contributed by atoms with Gasteiger partial charge in [-0.15, -0.1) is 0 Å². The number of anilines is 2. The van der Waals surface area contributed by atoms with Gasteiger partial charge in [0.25, 0.3) is 0 Å². The molecule has 1 aromatic heterocycles. The lowest BCUT2D eigenvalue weighted by atomic mass is 9.90. The highest BCUT2D eigenvalue weighted by Gasteiger charge is 2.31. The fourth-order valence-electron chi connectivity index (χ4n) is 4.16. The van der Waals surface area contributed by atoms with E-state index in [2.05, 4.69) is 10.3 Å². The average molecular weight is 505 g/mol. The second-order valence-corrected chi connectivity index (χ2v) is 10.7. The number of nitrogens with zero attached hydrogens (tertiary/aromatic N) is 3. The van der Waals surface area contributed by atoms with Crippen LogP contribution < -0.4 is 10.2 Å². The zero-order valence-electron chi connectivity index (χ0n) is 19.5. The summed E-state index contributed by atoms with van der Waals surface area (Å²) in [7, 11) is -0.106. The number of halogens is 3. The lowest BCUT2D eigenvalue weighted by Crippen LogP contribution is -2.38. The van der Waals surface area contributed by atoms with Gasteiger partial charge in [-0.1, -0.05) is 12.1 Å². The number of hydrogen-bond acceptors (Lipinski definition) is 5. The Kier molecular flexibility index (Phi) is 7.32. The first kappa shape index (κ1) is 25.0. The van der Waals surface area contributed by atoms with Crippen molar-refractivity contribution in [3.63, 3.8) is 0 Å². The number of hydrogen-bond donors (Lipinski definition) is 1. The van der Waals surface area contributed by atoms with Gasteiger partial charge in [0.1, 0.15) is 5.82 Å². The number of pyridine rings is 1. The van der Waals surface area contributed by atoms with Gasteiger partial charge in [0.05, 0.1) is 34.7 Å². The molecule has 4 rings (SSSR count). The van der Waals surface area contributed by atoms with E-state index in [1.54, 1.807) is 6.20 Å². The minimum Gasteiger partial charge on any atom is -0.377 e. The number of sulfonamides is 1. The predicted molar refractivity (Wildman–Crippen MR) is 129 cm³/mol. The summed E-state index contributed by atoms with van der Waals surface area (Å²) in [6.45, 7) is 0.555. The van der Waals surface area contributed by atoms with Crippen LogP contribution in [0.15, 0.2) is 59.6 Å². The first-order chi connectivity index (χ1) is 16.7. The lowest BCUT2D eigenvalue weighted by molar-refractivity contribution is 0.314. The van der Waals surface area contributed by atoms with E-state index in [-0.39, 0.29) is 41.7 Å². The molecule has 0 amide bonds. The summed E-state index contributed by atoms with van der Waals surface area (Å²) in [5.74, 6) is -2.76. The van der Waals surface area contributed by atoms with E-state index >= 15 is 0 Å². The van der Waals surface area contributed by atoms with Crippen LogP contribution in [0.5, 0.6) is 0 Å². The average Bonchev–Trinajstić information content (AvgIpc) is 2.85. The smallest absolute Gasteiger partial charge is 0.243 e. The molecule has 0 spiro atoms. The van der Waals surface area contributed by atoms with Crippen LogP contribution >= 0.6 is 0 Å². The summed E-state index contributed by atoms with van der Waals surface area (Å²) in [5, 5.41) is 2.94. The second kappa shape index (κ2) is 10.2. The van der Waals surface area contributed by atoms with E-state index in [4.69, 9.17) is 0 Å². The predicted octanol–water partition coefficient (Wildman–Crippen LogP) is 4.75. The molecule has 0 saturated carbocycles. The summed E-state index contributed by atoms with van der Waals surface area (Å²) in [5.41, 5.74) is 2.08. The summed E-state index contributed by atoms with van der Waals surface area (Å²) in [6, 6.07) is 11.5. The van der Waals surface area contributed by atoms with Gasteiger partial charge in [-0.2, -0.15) is 4.31 Å². The number of benzene rings is 2. The van der Waals surface area contributed by atoms with Crippen molar-refractivity contribution < 1.29 is 21.6 Å². The minimum atomic E-state index is -3.92. The van der Waals surface area contributed by atoms with Crippen LogP contribution in [-0.4, -0.2) is 44.9 Å². The van der Waals surface area contributed by atoms with Gasteiger partial charge < -0.3 is 10.2 Å². The van der Waals surface area contributed by atoms with Crippen LogP contribution in [0.4, 0.5) is 24.5 Å². The number of rotatable bonds is 7. The Morgan fingerprint density at radius 2 is 1.77 bits per heavy atom. The van der Waals surface area contributed by atoms with Crippen LogP contribution in [0.3, 0.4) is 0 Å². The second-order valence-electron chi connectivity index (χ2n) is 8.72. The molecule has 0 atom stereocenters. The molecule has 1 N–H and O–H groups in total. The first-order valence-electron chi connectivity index (χ1n) is 11.3. The van der Waals surface area contributed by atoms with E-state index in [0.717, 1.165) is 17.8 Å². The van der Waals surface area contributed by atoms with Crippen molar-refractivity contribution in [1.82, 2.24) is 9.29 Å². The molecule has 1 aliphatic rings. The topological polar surface area (TPSA) is 65.5 Å². The van der Waals surface area contributed by atoms with Crippen LogP contribution in [-0.2, 0) is 16.6 Å². The Morgan fingerprint density at radius 1 is 1.03 bits per heavy atom. The maximum Gasteiger partial charge on any atom is 0.243 e. The molecule has 186 valence electrons. The minimum absolute atomic E-state index is 0.138. The normalized spacial score (nSPS) is 15.2. The molecule has 6 nitrogen and oxygen atoms in total. The van der Waals surface area contributed by atoms with Crippen molar-refractivity contribution in [1.29, 1.82) is 0 Å². The highest BCUT2D eigenvalue weighted by atomic mass is 32.2. The molecule has 2 aromatic carbocycles. The highest BCUT2D eigenvalue weighted by Crippen LogP contribution is 2.33. The zero-order chi connectivity index (χ0) is 25.2.